The van der Waals surface area contributed by atoms with Gasteiger partial charge in [-0.25, -0.2) is 8.42 Å². The van der Waals surface area contributed by atoms with Gasteiger partial charge in [-0.2, -0.15) is 26.3 Å². The third-order valence-electron chi connectivity index (χ3n) is 6.12. The lowest BCUT2D eigenvalue weighted by Gasteiger charge is -2.42. The Hall–Kier alpha value is -1.78. The van der Waals surface area contributed by atoms with Crippen LogP contribution in [-0.2, 0) is 20.8 Å². The lowest BCUT2D eigenvalue weighted by Crippen LogP contribution is -2.57. The predicted molar refractivity (Wildman–Crippen MR) is 95.2 cm³/mol. The van der Waals surface area contributed by atoms with Gasteiger partial charge in [-0.1, -0.05) is 12.5 Å². The zero-order chi connectivity index (χ0) is 22.4. The molecule has 2 fully saturated rings. The van der Waals surface area contributed by atoms with E-state index in [1.54, 1.807) is 0 Å². The molecule has 0 heterocycles. The molecule has 1 aromatic rings. The summed E-state index contributed by atoms with van der Waals surface area (Å²) < 4.78 is 104. The van der Waals surface area contributed by atoms with Gasteiger partial charge in [0.2, 0.25) is 5.91 Å². The molecule has 4 nitrogen and oxygen atoms in total. The fraction of sp³-hybridized carbons (Fsp3) is 0.632. The van der Waals surface area contributed by atoms with Crippen molar-refractivity contribution in [2.75, 3.05) is 0 Å². The van der Waals surface area contributed by atoms with E-state index in [0.29, 0.717) is 12.5 Å². The minimum atomic E-state index is -4.68. The standard InChI is InChI=1S/C19H21F6NO3S/c20-18(21,22)12-3-1-4-15(11-12)30(28,29)14-7-5-13(6-8-14)26-16(27)17(9-2-10-17)19(23,24)25/h1,3-4,11,13-14H,2,5-10H2,(H,26,27)/t13-,14-. The summed E-state index contributed by atoms with van der Waals surface area (Å²) in [5.74, 6) is -1.08. The minimum Gasteiger partial charge on any atom is -0.353 e. The van der Waals surface area contributed by atoms with Gasteiger partial charge in [-0.15, -0.1) is 0 Å². The van der Waals surface area contributed by atoms with Crippen LogP contribution in [0.2, 0.25) is 0 Å². The first-order valence-corrected chi connectivity index (χ1v) is 11.1. The van der Waals surface area contributed by atoms with Gasteiger partial charge in [-0.05, 0) is 56.7 Å². The number of alkyl halides is 6. The monoisotopic (exact) mass is 457 g/mol. The molecule has 0 atom stereocenters. The summed E-state index contributed by atoms with van der Waals surface area (Å²) in [6.45, 7) is 0. The van der Waals surface area contributed by atoms with Crippen LogP contribution < -0.4 is 5.32 Å². The summed E-state index contributed by atoms with van der Waals surface area (Å²) in [5.41, 5.74) is -3.43. The van der Waals surface area contributed by atoms with Crippen LogP contribution in [0.5, 0.6) is 0 Å². The van der Waals surface area contributed by atoms with E-state index in [1.807, 2.05) is 0 Å². The highest BCUT2D eigenvalue weighted by atomic mass is 32.2. The summed E-state index contributed by atoms with van der Waals surface area (Å²) in [6, 6.07) is 2.90. The quantitative estimate of drug-likeness (QED) is 0.671. The first kappa shape index (κ1) is 22.9. The molecule has 0 aromatic heterocycles. The lowest BCUT2D eigenvalue weighted by atomic mass is 9.67. The van der Waals surface area contributed by atoms with Crippen molar-refractivity contribution in [3.8, 4) is 0 Å². The molecule has 168 valence electrons. The number of sulfone groups is 1. The number of carbonyl (C=O) groups is 1. The fourth-order valence-corrected chi connectivity index (χ4v) is 5.89. The van der Waals surface area contributed by atoms with Crippen LogP contribution >= 0.6 is 0 Å². The van der Waals surface area contributed by atoms with E-state index in [4.69, 9.17) is 0 Å². The van der Waals surface area contributed by atoms with Crippen molar-refractivity contribution < 1.29 is 39.6 Å². The van der Waals surface area contributed by atoms with E-state index >= 15 is 0 Å². The second-order valence-electron chi connectivity index (χ2n) is 7.95. The Balaban J connectivity index is 1.65. The fourth-order valence-electron chi connectivity index (χ4n) is 4.05. The number of nitrogens with one attached hydrogen (secondary N) is 1. The molecule has 2 aliphatic rings. The first-order valence-electron chi connectivity index (χ1n) is 9.56. The Morgan fingerprint density at radius 1 is 1.00 bits per heavy atom. The van der Waals surface area contributed by atoms with E-state index in [2.05, 4.69) is 5.32 Å². The molecule has 0 aliphatic heterocycles. The van der Waals surface area contributed by atoms with Crippen LogP contribution in [0.25, 0.3) is 0 Å². The number of benzene rings is 1. The van der Waals surface area contributed by atoms with E-state index < -0.39 is 55.3 Å². The van der Waals surface area contributed by atoms with Crippen molar-refractivity contribution in [3.05, 3.63) is 29.8 Å². The number of hydrogen-bond donors (Lipinski definition) is 1. The summed E-state index contributed by atoms with van der Waals surface area (Å²) >= 11 is 0. The van der Waals surface area contributed by atoms with Gasteiger partial charge < -0.3 is 5.32 Å². The first-order chi connectivity index (χ1) is 13.8. The summed E-state index contributed by atoms with van der Waals surface area (Å²) in [5, 5.41) is 1.46. The number of amides is 1. The Labute approximate surface area is 169 Å². The van der Waals surface area contributed by atoms with Crippen LogP contribution in [0.15, 0.2) is 29.2 Å². The smallest absolute Gasteiger partial charge is 0.353 e. The Morgan fingerprint density at radius 3 is 2.07 bits per heavy atom. The molecule has 1 aromatic carbocycles. The van der Waals surface area contributed by atoms with Crippen LogP contribution in [0.1, 0.15) is 50.5 Å². The zero-order valence-electron chi connectivity index (χ0n) is 15.8. The molecule has 30 heavy (non-hydrogen) atoms. The van der Waals surface area contributed by atoms with Crippen LogP contribution in [0, 0.1) is 5.41 Å². The second kappa shape index (κ2) is 7.72. The van der Waals surface area contributed by atoms with Crippen molar-refractivity contribution in [2.24, 2.45) is 5.41 Å². The van der Waals surface area contributed by atoms with Crippen molar-refractivity contribution in [3.63, 3.8) is 0 Å². The van der Waals surface area contributed by atoms with E-state index in [9.17, 15) is 39.6 Å². The maximum atomic E-state index is 13.3. The van der Waals surface area contributed by atoms with Crippen molar-refractivity contribution >= 4 is 15.7 Å². The Kier molecular flexibility index (Phi) is 5.90. The highest BCUT2D eigenvalue weighted by Gasteiger charge is 2.63. The lowest BCUT2D eigenvalue weighted by molar-refractivity contribution is -0.243. The van der Waals surface area contributed by atoms with Crippen molar-refractivity contribution in [1.29, 1.82) is 0 Å². The van der Waals surface area contributed by atoms with Crippen molar-refractivity contribution in [2.45, 2.75) is 73.5 Å². The summed E-state index contributed by atoms with van der Waals surface area (Å²) in [6.07, 6.45) is -9.16. The van der Waals surface area contributed by atoms with Crippen LogP contribution in [-0.4, -0.2) is 31.8 Å². The number of halogens is 6. The molecule has 11 heteroatoms. The van der Waals surface area contributed by atoms with Gasteiger partial charge in [-0.3, -0.25) is 4.79 Å². The molecule has 0 bridgehead atoms. The summed E-state index contributed by atoms with van der Waals surface area (Å²) in [4.78, 5) is 11.8. The topological polar surface area (TPSA) is 63.2 Å². The highest BCUT2D eigenvalue weighted by Crippen LogP contribution is 2.53. The number of carbonyl (C=O) groups excluding carboxylic acids is 1. The Morgan fingerprint density at radius 2 is 1.60 bits per heavy atom. The molecule has 3 rings (SSSR count). The van der Waals surface area contributed by atoms with Gasteiger partial charge in [0.05, 0.1) is 15.7 Å². The molecule has 2 aliphatic carbocycles. The van der Waals surface area contributed by atoms with Gasteiger partial charge in [0.25, 0.3) is 0 Å². The normalized spacial score (nSPS) is 24.7. The molecule has 0 radical (unpaired) electrons. The molecule has 1 N–H and O–H groups in total. The van der Waals surface area contributed by atoms with E-state index in [0.717, 1.165) is 18.2 Å². The molecule has 1 amide bonds. The third-order valence-corrected chi connectivity index (χ3v) is 8.38. The molecular weight excluding hydrogens is 436 g/mol. The average Bonchev–Trinajstić information content (AvgIpc) is 2.59. The molecular formula is C19H21F6NO3S. The van der Waals surface area contributed by atoms with E-state index in [-0.39, 0.29) is 38.5 Å². The van der Waals surface area contributed by atoms with Gasteiger partial charge in [0, 0.05) is 6.04 Å². The molecule has 0 spiro atoms. The maximum Gasteiger partial charge on any atom is 0.416 e. The van der Waals surface area contributed by atoms with Crippen LogP contribution in [0.4, 0.5) is 26.3 Å². The summed E-state index contributed by atoms with van der Waals surface area (Å²) in [7, 11) is -4.03. The third kappa shape index (κ3) is 4.17. The molecule has 2 saturated carbocycles. The maximum absolute atomic E-state index is 13.3. The predicted octanol–water partition coefficient (Wildman–Crippen LogP) is 4.64. The van der Waals surface area contributed by atoms with Gasteiger partial charge in [0.1, 0.15) is 5.41 Å². The van der Waals surface area contributed by atoms with Gasteiger partial charge in [0.15, 0.2) is 9.84 Å². The molecule has 0 saturated heterocycles. The second-order valence-corrected chi connectivity index (χ2v) is 10.2. The molecule has 0 unspecified atom stereocenters. The highest BCUT2D eigenvalue weighted by molar-refractivity contribution is 7.92. The van der Waals surface area contributed by atoms with E-state index in [1.165, 1.54) is 0 Å². The largest absolute Gasteiger partial charge is 0.416 e. The van der Waals surface area contributed by atoms with Crippen molar-refractivity contribution in [1.82, 2.24) is 5.32 Å². The van der Waals surface area contributed by atoms with Gasteiger partial charge >= 0.3 is 12.4 Å². The number of rotatable bonds is 4. The van der Waals surface area contributed by atoms with Crippen LogP contribution in [0.3, 0.4) is 0 Å². The SMILES string of the molecule is O=C(N[C@H]1CC[C@H](S(=O)(=O)c2cccc(C(F)(F)F)c2)CC1)C1(C(F)(F)F)CCC1. The number of hydrogen-bond acceptors (Lipinski definition) is 3. The zero-order valence-corrected chi connectivity index (χ0v) is 16.6. The minimum absolute atomic E-state index is 0.0442. The Bertz CT molecular complexity index is 898. The average molecular weight is 457 g/mol.